The van der Waals surface area contributed by atoms with Crippen molar-refractivity contribution in [3.05, 3.63) is 57.6 Å². The van der Waals surface area contributed by atoms with Gasteiger partial charge in [-0.15, -0.1) is 0 Å². The number of hydrogen-bond acceptors (Lipinski definition) is 4. The lowest BCUT2D eigenvalue weighted by atomic mass is 10.1. The molecule has 8 nitrogen and oxygen atoms in total. The lowest BCUT2D eigenvalue weighted by Crippen LogP contribution is -2.32. The van der Waals surface area contributed by atoms with Crippen molar-refractivity contribution in [1.29, 1.82) is 0 Å². The number of benzene rings is 2. The number of carbonyl (C=O) groups is 4. The van der Waals surface area contributed by atoms with Crippen molar-refractivity contribution in [2.75, 3.05) is 23.7 Å². The van der Waals surface area contributed by atoms with Crippen molar-refractivity contribution >= 4 is 58.2 Å². The predicted octanol–water partition coefficient (Wildman–Crippen LogP) is 3.85. The molecule has 4 N–H and O–H groups in total. The van der Waals surface area contributed by atoms with Gasteiger partial charge in [-0.2, -0.15) is 0 Å². The molecule has 0 spiro atoms. The molecular weight excluding hydrogens is 455 g/mol. The highest BCUT2D eigenvalue weighted by Gasteiger charge is 2.21. The van der Waals surface area contributed by atoms with E-state index in [1.807, 2.05) is 13.8 Å². The molecule has 0 aliphatic heterocycles. The second kappa shape index (κ2) is 12.1. The van der Waals surface area contributed by atoms with Gasteiger partial charge in [0.2, 0.25) is 0 Å². The van der Waals surface area contributed by atoms with Crippen LogP contribution in [0, 0.1) is 0 Å². The summed E-state index contributed by atoms with van der Waals surface area (Å²) in [6.07, 6.45) is 1.46. The van der Waals surface area contributed by atoms with Crippen molar-refractivity contribution in [3.8, 4) is 0 Å². The summed E-state index contributed by atoms with van der Waals surface area (Å²) in [6, 6.07) is 8.63. The minimum atomic E-state index is -1.02. The van der Waals surface area contributed by atoms with Gasteiger partial charge in [-0.3, -0.25) is 19.2 Å². The first-order valence-electron chi connectivity index (χ1n) is 10.0. The maximum Gasteiger partial charge on any atom is 0.314 e. The number of anilines is 2. The van der Waals surface area contributed by atoms with E-state index < -0.39 is 23.6 Å². The van der Waals surface area contributed by atoms with Gasteiger partial charge in [0, 0.05) is 23.1 Å². The molecule has 0 aliphatic rings. The fraction of sp³-hybridized carbons (Fsp3) is 0.273. The molecule has 0 aromatic heterocycles. The molecule has 32 heavy (non-hydrogen) atoms. The van der Waals surface area contributed by atoms with Crippen LogP contribution in [0.4, 0.5) is 11.4 Å². The van der Waals surface area contributed by atoms with Crippen LogP contribution in [0.25, 0.3) is 0 Å². The zero-order chi connectivity index (χ0) is 23.7. The van der Waals surface area contributed by atoms with Gasteiger partial charge >= 0.3 is 11.8 Å². The first-order valence-corrected chi connectivity index (χ1v) is 10.8. The molecule has 2 rings (SSSR count). The van der Waals surface area contributed by atoms with E-state index in [0.717, 1.165) is 12.8 Å². The van der Waals surface area contributed by atoms with E-state index >= 15 is 0 Å². The Morgan fingerprint density at radius 1 is 0.688 bits per heavy atom. The van der Waals surface area contributed by atoms with Crippen molar-refractivity contribution in [1.82, 2.24) is 10.6 Å². The largest absolute Gasteiger partial charge is 0.352 e. The highest BCUT2D eigenvalue weighted by molar-refractivity contribution is 6.44. The van der Waals surface area contributed by atoms with Gasteiger partial charge in [0.1, 0.15) is 0 Å². The van der Waals surface area contributed by atoms with Crippen molar-refractivity contribution in [2.45, 2.75) is 26.7 Å². The van der Waals surface area contributed by atoms with Crippen LogP contribution in [-0.2, 0) is 9.59 Å². The Morgan fingerprint density at radius 3 is 1.41 bits per heavy atom. The van der Waals surface area contributed by atoms with Crippen LogP contribution in [0.1, 0.15) is 47.4 Å². The van der Waals surface area contributed by atoms with E-state index in [-0.39, 0.29) is 22.5 Å². The summed E-state index contributed by atoms with van der Waals surface area (Å²) in [5, 5.41) is 10.8. The first-order chi connectivity index (χ1) is 15.3. The van der Waals surface area contributed by atoms with Gasteiger partial charge in [-0.05, 0) is 49.2 Å². The standard InChI is InChI=1S/C22H24Cl2N4O4/c1-3-9-25-19(29)15-11-13(23)5-7-17(15)27-21(31)22(32)28-18-8-6-14(24)12-16(18)20(30)26-10-4-2/h5-8,11-12H,3-4,9-10H2,1-2H3,(H,25,29)(H,26,30)(H,27,31)(H,28,32). The predicted molar refractivity (Wildman–Crippen MR) is 125 cm³/mol. The monoisotopic (exact) mass is 478 g/mol. The summed E-state index contributed by atoms with van der Waals surface area (Å²) in [6.45, 7) is 4.69. The van der Waals surface area contributed by atoms with E-state index in [1.54, 1.807) is 0 Å². The molecule has 10 heteroatoms. The SMILES string of the molecule is CCCNC(=O)c1cc(Cl)ccc1NC(=O)C(=O)Nc1ccc(Cl)cc1C(=O)NCCC. The minimum absolute atomic E-state index is 0.123. The number of rotatable bonds is 8. The molecule has 0 unspecified atom stereocenters. The molecule has 2 aromatic carbocycles. The smallest absolute Gasteiger partial charge is 0.314 e. The van der Waals surface area contributed by atoms with Crippen LogP contribution in [0.5, 0.6) is 0 Å². The Balaban J connectivity index is 2.19. The summed E-state index contributed by atoms with van der Waals surface area (Å²) in [5.74, 6) is -2.91. The third-order valence-electron chi connectivity index (χ3n) is 4.23. The van der Waals surface area contributed by atoms with Crippen LogP contribution in [0.15, 0.2) is 36.4 Å². The first kappa shape index (κ1) is 25.2. The molecule has 0 fully saturated rings. The molecule has 0 heterocycles. The van der Waals surface area contributed by atoms with E-state index in [1.165, 1.54) is 36.4 Å². The number of amides is 4. The summed E-state index contributed by atoms with van der Waals surface area (Å²) in [5.41, 5.74) is 0.497. The summed E-state index contributed by atoms with van der Waals surface area (Å²) >= 11 is 12.0. The van der Waals surface area contributed by atoms with Crippen LogP contribution < -0.4 is 21.3 Å². The fourth-order valence-corrected chi connectivity index (χ4v) is 3.00. The van der Waals surface area contributed by atoms with Crippen LogP contribution >= 0.6 is 23.2 Å². The van der Waals surface area contributed by atoms with E-state index in [0.29, 0.717) is 23.1 Å². The molecule has 0 saturated carbocycles. The lowest BCUT2D eigenvalue weighted by Gasteiger charge is -2.13. The van der Waals surface area contributed by atoms with Crippen molar-refractivity contribution in [2.24, 2.45) is 0 Å². The quantitative estimate of drug-likeness (QED) is 0.431. The van der Waals surface area contributed by atoms with Gasteiger partial charge < -0.3 is 21.3 Å². The van der Waals surface area contributed by atoms with E-state index in [2.05, 4.69) is 21.3 Å². The Labute approximate surface area is 196 Å². The number of nitrogens with one attached hydrogen (secondary N) is 4. The molecule has 0 bridgehead atoms. The molecule has 170 valence electrons. The maximum absolute atomic E-state index is 12.5. The van der Waals surface area contributed by atoms with E-state index in [9.17, 15) is 19.2 Å². The van der Waals surface area contributed by atoms with Crippen LogP contribution in [-0.4, -0.2) is 36.7 Å². The Bertz CT molecular complexity index is 945. The Hall–Kier alpha value is -3.10. The van der Waals surface area contributed by atoms with Gasteiger partial charge in [0.05, 0.1) is 22.5 Å². The molecule has 0 atom stereocenters. The second-order valence-corrected chi connectivity index (χ2v) is 7.67. The average molecular weight is 479 g/mol. The summed E-state index contributed by atoms with van der Waals surface area (Å²) < 4.78 is 0. The third-order valence-corrected chi connectivity index (χ3v) is 4.70. The number of hydrogen-bond donors (Lipinski definition) is 4. The van der Waals surface area contributed by atoms with E-state index in [4.69, 9.17) is 23.2 Å². The molecule has 2 aromatic rings. The fourth-order valence-electron chi connectivity index (χ4n) is 2.65. The highest BCUT2D eigenvalue weighted by Crippen LogP contribution is 2.23. The number of carbonyl (C=O) groups excluding carboxylic acids is 4. The van der Waals surface area contributed by atoms with Crippen molar-refractivity contribution < 1.29 is 19.2 Å². The number of halogens is 2. The summed E-state index contributed by atoms with van der Waals surface area (Å²) in [7, 11) is 0. The summed E-state index contributed by atoms with van der Waals surface area (Å²) in [4.78, 5) is 49.7. The van der Waals surface area contributed by atoms with Gasteiger partial charge in [0.25, 0.3) is 11.8 Å². The maximum atomic E-state index is 12.5. The van der Waals surface area contributed by atoms with Gasteiger partial charge in [-0.25, -0.2) is 0 Å². The highest BCUT2D eigenvalue weighted by atomic mass is 35.5. The van der Waals surface area contributed by atoms with Gasteiger partial charge in [-0.1, -0.05) is 37.0 Å². The van der Waals surface area contributed by atoms with Crippen LogP contribution in [0.2, 0.25) is 10.0 Å². The lowest BCUT2D eigenvalue weighted by molar-refractivity contribution is -0.133. The minimum Gasteiger partial charge on any atom is -0.352 e. The van der Waals surface area contributed by atoms with Gasteiger partial charge in [0.15, 0.2) is 0 Å². The Kier molecular flexibility index (Phi) is 9.49. The molecule has 0 radical (unpaired) electrons. The zero-order valence-electron chi connectivity index (χ0n) is 17.7. The topological polar surface area (TPSA) is 116 Å². The van der Waals surface area contributed by atoms with Crippen LogP contribution in [0.3, 0.4) is 0 Å². The Morgan fingerprint density at radius 2 is 1.06 bits per heavy atom. The molecule has 4 amide bonds. The van der Waals surface area contributed by atoms with Crippen molar-refractivity contribution in [3.63, 3.8) is 0 Å². The molecular formula is C22H24Cl2N4O4. The normalized spacial score (nSPS) is 10.2. The average Bonchev–Trinajstić information content (AvgIpc) is 2.77. The molecule has 0 saturated heterocycles. The third kappa shape index (κ3) is 6.96. The second-order valence-electron chi connectivity index (χ2n) is 6.80. The zero-order valence-corrected chi connectivity index (χ0v) is 19.2. The molecule has 0 aliphatic carbocycles.